The summed E-state index contributed by atoms with van der Waals surface area (Å²) in [7, 11) is 0. The summed E-state index contributed by atoms with van der Waals surface area (Å²) in [5.41, 5.74) is 2.91. The van der Waals surface area contributed by atoms with Crippen molar-refractivity contribution in [3.63, 3.8) is 0 Å². The Kier molecular flexibility index (Phi) is 5.89. The molecular weight excluding hydrogens is 380 g/mol. The molecule has 2 N–H and O–H groups in total. The molecule has 0 atom stereocenters. The quantitative estimate of drug-likeness (QED) is 0.532. The maximum absolute atomic E-state index is 11.2. The van der Waals surface area contributed by atoms with Gasteiger partial charge in [0.1, 0.15) is 29.4 Å². The summed E-state index contributed by atoms with van der Waals surface area (Å²) in [6.07, 6.45) is 5.04. The summed E-state index contributed by atoms with van der Waals surface area (Å²) in [6, 6.07) is 20.4. The molecule has 30 heavy (non-hydrogen) atoms. The molecular formula is C25H24O5. The van der Waals surface area contributed by atoms with Crippen LogP contribution in [-0.2, 0) is 6.61 Å². The number of ether oxygens (including phenoxy) is 2. The van der Waals surface area contributed by atoms with E-state index in [1.807, 2.05) is 36.4 Å². The zero-order valence-corrected chi connectivity index (χ0v) is 16.6. The van der Waals surface area contributed by atoms with Crippen LogP contribution in [0.3, 0.4) is 0 Å². The van der Waals surface area contributed by atoms with Crippen LogP contribution in [0.25, 0.3) is 11.1 Å². The standard InChI is InChI=1S/C25H24O5/c26-24-12-11-21(15-23(24)25(27)28)29-16-17-5-3-6-18(13-17)19-7-4-10-22(14-19)30-20-8-1-2-9-20/h3-7,10-15,20,26H,1-2,8-9,16H2,(H,27,28). The molecule has 1 saturated carbocycles. The number of carboxylic acids is 1. The molecule has 3 aromatic carbocycles. The van der Waals surface area contributed by atoms with Crippen molar-refractivity contribution in [2.45, 2.75) is 38.4 Å². The summed E-state index contributed by atoms with van der Waals surface area (Å²) in [6.45, 7) is 0.288. The smallest absolute Gasteiger partial charge is 0.339 e. The highest BCUT2D eigenvalue weighted by atomic mass is 16.5. The molecule has 0 spiro atoms. The number of carbonyl (C=O) groups is 1. The van der Waals surface area contributed by atoms with Crippen molar-refractivity contribution >= 4 is 5.97 Å². The molecule has 0 bridgehead atoms. The Bertz CT molecular complexity index is 1040. The Morgan fingerprint density at radius 2 is 1.63 bits per heavy atom. The average Bonchev–Trinajstić information content (AvgIpc) is 3.26. The van der Waals surface area contributed by atoms with Crippen molar-refractivity contribution in [2.24, 2.45) is 0 Å². The first-order valence-corrected chi connectivity index (χ1v) is 10.1. The van der Waals surface area contributed by atoms with E-state index < -0.39 is 5.97 Å². The van der Waals surface area contributed by atoms with Crippen molar-refractivity contribution in [2.75, 3.05) is 0 Å². The molecule has 0 saturated heterocycles. The number of benzene rings is 3. The van der Waals surface area contributed by atoms with Crippen LogP contribution in [0.4, 0.5) is 0 Å². The van der Waals surface area contributed by atoms with E-state index in [9.17, 15) is 9.90 Å². The van der Waals surface area contributed by atoms with Gasteiger partial charge in [0, 0.05) is 0 Å². The number of rotatable bonds is 7. The van der Waals surface area contributed by atoms with Crippen LogP contribution < -0.4 is 9.47 Å². The lowest BCUT2D eigenvalue weighted by Gasteiger charge is -2.14. The van der Waals surface area contributed by atoms with E-state index in [1.54, 1.807) is 6.07 Å². The normalized spacial score (nSPS) is 13.9. The molecule has 4 rings (SSSR count). The van der Waals surface area contributed by atoms with Gasteiger partial charge >= 0.3 is 5.97 Å². The lowest BCUT2D eigenvalue weighted by Crippen LogP contribution is -2.10. The molecule has 1 aliphatic carbocycles. The Balaban J connectivity index is 1.46. The van der Waals surface area contributed by atoms with Gasteiger partial charge in [-0.3, -0.25) is 0 Å². The fraction of sp³-hybridized carbons (Fsp3) is 0.240. The number of aromatic carboxylic acids is 1. The Labute approximate surface area is 175 Å². The van der Waals surface area contributed by atoms with Crippen molar-refractivity contribution in [1.82, 2.24) is 0 Å². The van der Waals surface area contributed by atoms with Crippen LogP contribution in [0.15, 0.2) is 66.7 Å². The second-order valence-corrected chi connectivity index (χ2v) is 7.53. The number of hydrogen-bond donors (Lipinski definition) is 2. The minimum absolute atomic E-state index is 0.180. The maximum atomic E-state index is 11.2. The number of carboxylic acid groups (broad SMARTS) is 1. The van der Waals surface area contributed by atoms with Gasteiger partial charge in [0.15, 0.2) is 0 Å². The van der Waals surface area contributed by atoms with Crippen LogP contribution >= 0.6 is 0 Å². The molecule has 1 aliphatic rings. The Morgan fingerprint density at radius 1 is 0.900 bits per heavy atom. The minimum atomic E-state index is -1.19. The second-order valence-electron chi connectivity index (χ2n) is 7.53. The molecule has 0 heterocycles. The van der Waals surface area contributed by atoms with Crippen molar-refractivity contribution in [3.05, 3.63) is 77.9 Å². The predicted octanol–water partition coefficient (Wildman–Crippen LogP) is 5.66. The fourth-order valence-electron chi connectivity index (χ4n) is 3.73. The zero-order valence-electron chi connectivity index (χ0n) is 16.6. The summed E-state index contributed by atoms with van der Waals surface area (Å²) >= 11 is 0. The van der Waals surface area contributed by atoms with Gasteiger partial charge in [-0.2, -0.15) is 0 Å². The lowest BCUT2D eigenvalue weighted by molar-refractivity contribution is 0.0693. The van der Waals surface area contributed by atoms with Gasteiger partial charge < -0.3 is 19.7 Å². The Hall–Kier alpha value is -3.47. The van der Waals surface area contributed by atoms with Crippen LogP contribution in [0.1, 0.15) is 41.6 Å². The van der Waals surface area contributed by atoms with Crippen molar-refractivity contribution in [3.8, 4) is 28.4 Å². The van der Waals surface area contributed by atoms with Gasteiger partial charge in [0.2, 0.25) is 0 Å². The van der Waals surface area contributed by atoms with Crippen molar-refractivity contribution in [1.29, 1.82) is 0 Å². The third-order valence-corrected chi connectivity index (χ3v) is 5.30. The van der Waals surface area contributed by atoms with E-state index in [0.717, 1.165) is 35.3 Å². The molecule has 0 radical (unpaired) electrons. The third kappa shape index (κ3) is 4.74. The summed E-state index contributed by atoms with van der Waals surface area (Å²) in [5, 5.41) is 18.7. The van der Waals surface area contributed by atoms with Gasteiger partial charge in [-0.1, -0.05) is 30.3 Å². The monoisotopic (exact) mass is 404 g/mol. The number of phenols is 1. The minimum Gasteiger partial charge on any atom is -0.507 e. The fourth-order valence-corrected chi connectivity index (χ4v) is 3.73. The topological polar surface area (TPSA) is 76.0 Å². The molecule has 0 unspecified atom stereocenters. The zero-order chi connectivity index (χ0) is 20.9. The van der Waals surface area contributed by atoms with E-state index in [2.05, 4.69) is 12.1 Å². The Morgan fingerprint density at radius 3 is 2.40 bits per heavy atom. The molecule has 0 aliphatic heterocycles. The van der Waals surface area contributed by atoms with Gasteiger partial charge in [-0.05, 0) is 78.8 Å². The van der Waals surface area contributed by atoms with E-state index in [4.69, 9.17) is 14.6 Å². The van der Waals surface area contributed by atoms with Crippen LogP contribution in [-0.4, -0.2) is 22.3 Å². The second kappa shape index (κ2) is 8.91. The van der Waals surface area contributed by atoms with Gasteiger partial charge in [-0.15, -0.1) is 0 Å². The molecule has 5 heteroatoms. The number of aromatic hydroxyl groups is 1. The van der Waals surface area contributed by atoms with Crippen LogP contribution in [0.5, 0.6) is 17.2 Å². The van der Waals surface area contributed by atoms with Crippen LogP contribution in [0, 0.1) is 0 Å². The van der Waals surface area contributed by atoms with Gasteiger partial charge in [0.25, 0.3) is 0 Å². The van der Waals surface area contributed by atoms with E-state index in [0.29, 0.717) is 11.9 Å². The first-order chi connectivity index (χ1) is 14.6. The molecule has 154 valence electrons. The molecule has 0 aromatic heterocycles. The number of hydrogen-bond acceptors (Lipinski definition) is 4. The van der Waals surface area contributed by atoms with Crippen molar-refractivity contribution < 1.29 is 24.5 Å². The first kappa shape index (κ1) is 19.8. The summed E-state index contributed by atoms with van der Waals surface area (Å²) in [5.74, 6) is -0.190. The molecule has 0 amide bonds. The summed E-state index contributed by atoms with van der Waals surface area (Å²) in [4.78, 5) is 11.2. The van der Waals surface area contributed by atoms with E-state index in [-0.39, 0.29) is 17.9 Å². The SMILES string of the molecule is O=C(O)c1cc(OCc2cccc(-c3cccc(OC4CCCC4)c3)c2)ccc1O. The average molecular weight is 404 g/mol. The first-order valence-electron chi connectivity index (χ1n) is 10.1. The van der Waals surface area contributed by atoms with E-state index in [1.165, 1.54) is 25.0 Å². The van der Waals surface area contributed by atoms with Gasteiger partial charge in [0.05, 0.1) is 6.10 Å². The van der Waals surface area contributed by atoms with Gasteiger partial charge in [-0.25, -0.2) is 4.79 Å². The van der Waals surface area contributed by atoms with Crippen LogP contribution in [0.2, 0.25) is 0 Å². The lowest BCUT2D eigenvalue weighted by atomic mass is 10.0. The molecule has 3 aromatic rings. The highest BCUT2D eigenvalue weighted by Gasteiger charge is 2.16. The highest BCUT2D eigenvalue weighted by molar-refractivity contribution is 5.91. The highest BCUT2D eigenvalue weighted by Crippen LogP contribution is 2.29. The molecule has 5 nitrogen and oxygen atoms in total. The third-order valence-electron chi connectivity index (χ3n) is 5.30. The van der Waals surface area contributed by atoms with E-state index >= 15 is 0 Å². The summed E-state index contributed by atoms with van der Waals surface area (Å²) < 4.78 is 11.9. The molecule has 1 fully saturated rings. The predicted molar refractivity (Wildman–Crippen MR) is 114 cm³/mol. The largest absolute Gasteiger partial charge is 0.507 e. The maximum Gasteiger partial charge on any atom is 0.339 e.